The summed E-state index contributed by atoms with van der Waals surface area (Å²) in [5, 5.41) is 2.72. The average Bonchev–Trinajstić information content (AvgIpc) is 2.44. The van der Waals surface area contributed by atoms with Crippen LogP contribution in [0, 0.1) is 0 Å². The highest BCUT2D eigenvalue weighted by Crippen LogP contribution is 2.17. The second-order valence-electron chi connectivity index (χ2n) is 4.22. The number of nitrogens with one attached hydrogen (secondary N) is 1. The Kier molecular flexibility index (Phi) is 5.19. The van der Waals surface area contributed by atoms with E-state index in [0.29, 0.717) is 20.4 Å². The van der Waals surface area contributed by atoms with Gasteiger partial charge < -0.3 is 14.6 Å². The smallest absolute Gasteiger partial charge is 0.265 e. The molecule has 21 heavy (non-hydrogen) atoms. The number of pyridine rings is 1. The van der Waals surface area contributed by atoms with Gasteiger partial charge in [0, 0.05) is 22.4 Å². The highest BCUT2D eigenvalue weighted by atomic mass is 79.9. The van der Waals surface area contributed by atoms with Crippen LogP contribution < -0.4 is 15.6 Å². The third-order valence-corrected chi connectivity index (χ3v) is 3.68. The molecule has 7 heteroatoms. The molecule has 0 aliphatic carbocycles. The molecule has 2 rings (SSSR count). The van der Waals surface area contributed by atoms with Gasteiger partial charge >= 0.3 is 0 Å². The van der Waals surface area contributed by atoms with E-state index >= 15 is 0 Å². The summed E-state index contributed by atoms with van der Waals surface area (Å²) < 4.78 is 7.52. The maximum absolute atomic E-state index is 12.0. The minimum Gasteiger partial charge on any atom is -0.497 e. The molecule has 1 aromatic heterocycles. The summed E-state index contributed by atoms with van der Waals surface area (Å²) in [6.07, 6.45) is 1.57. The van der Waals surface area contributed by atoms with Gasteiger partial charge in [0.05, 0.1) is 11.6 Å². The Morgan fingerprint density at radius 1 is 1.33 bits per heavy atom. The van der Waals surface area contributed by atoms with E-state index in [4.69, 9.17) is 4.74 Å². The van der Waals surface area contributed by atoms with Crippen LogP contribution in [-0.4, -0.2) is 17.6 Å². The van der Waals surface area contributed by atoms with E-state index in [1.165, 1.54) is 4.57 Å². The van der Waals surface area contributed by atoms with Gasteiger partial charge in [0.2, 0.25) is 5.91 Å². The molecule has 0 aliphatic heterocycles. The van der Waals surface area contributed by atoms with E-state index in [1.54, 1.807) is 43.6 Å². The Labute approximate surface area is 138 Å². The van der Waals surface area contributed by atoms with Gasteiger partial charge in [-0.1, -0.05) is 6.07 Å². The minimum atomic E-state index is -0.296. The Hall–Kier alpha value is -1.60. The Morgan fingerprint density at radius 3 is 2.81 bits per heavy atom. The van der Waals surface area contributed by atoms with Crippen molar-refractivity contribution in [3.63, 3.8) is 0 Å². The molecule has 5 nitrogen and oxygen atoms in total. The molecule has 2 aromatic rings. The number of anilines is 1. The van der Waals surface area contributed by atoms with Crippen LogP contribution in [0.4, 0.5) is 5.69 Å². The summed E-state index contributed by atoms with van der Waals surface area (Å²) >= 11 is 6.45. The quantitative estimate of drug-likeness (QED) is 0.834. The predicted molar refractivity (Wildman–Crippen MR) is 87.7 cm³/mol. The van der Waals surface area contributed by atoms with Crippen molar-refractivity contribution in [2.24, 2.45) is 0 Å². The average molecular weight is 416 g/mol. The molecule has 0 radical (unpaired) electrons. The Morgan fingerprint density at radius 2 is 2.10 bits per heavy atom. The number of ether oxygens (including phenoxy) is 1. The molecule has 1 N–H and O–H groups in total. The van der Waals surface area contributed by atoms with Crippen LogP contribution in [0.15, 0.2) is 50.3 Å². The van der Waals surface area contributed by atoms with Crippen molar-refractivity contribution >= 4 is 43.5 Å². The van der Waals surface area contributed by atoms with E-state index in [1.807, 2.05) is 0 Å². The summed E-state index contributed by atoms with van der Waals surface area (Å²) in [6, 6.07) is 8.65. The van der Waals surface area contributed by atoms with Crippen LogP contribution in [0.2, 0.25) is 0 Å². The Balaban J connectivity index is 2.13. The van der Waals surface area contributed by atoms with Crippen LogP contribution in [0.1, 0.15) is 0 Å². The lowest BCUT2D eigenvalue weighted by Crippen LogP contribution is -2.27. The van der Waals surface area contributed by atoms with E-state index in [9.17, 15) is 9.59 Å². The summed E-state index contributed by atoms with van der Waals surface area (Å²) in [6.45, 7) is -0.0753. The third kappa shape index (κ3) is 4.18. The van der Waals surface area contributed by atoms with Crippen molar-refractivity contribution < 1.29 is 9.53 Å². The van der Waals surface area contributed by atoms with Crippen LogP contribution in [0.3, 0.4) is 0 Å². The molecule has 0 atom stereocenters. The van der Waals surface area contributed by atoms with Gasteiger partial charge in [0.1, 0.15) is 12.3 Å². The first-order chi connectivity index (χ1) is 9.99. The Bertz CT molecular complexity index is 728. The fourth-order valence-electron chi connectivity index (χ4n) is 1.74. The molecular formula is C14H12Br2N2O3. The SMILES string of the molecule is COc1cccc(NC(=O)Cn2cc(Br)cc(Br)c2=O)c1. The fourth-order valence-corrected chi connectivity index (χ4v) is 3.00. The minimum absolute atomic E-state index is 0.0753. The van der Waals surface area contributed by atoms with E-state index in [0.717, 1.165) is 0 Å². The number of aromatic nitrogens is 1. The van der Waals surface area contributed by atoms with Crippen molar-refractivity contribution in [3.8, 4) is 5.75 Å². The second-order valence-corrected chi connectivity index (χ2v) is 5.99. The first-order valence-electron chi connectivity index (χ1n) is 5.99. The molecular weight excluding hydrogens is 404 g/mol. The number of halogens is 2. The lowest BCUT2D eigenvalue weighted by molar-refractivity contribution is -0.116. The number of nitrogens with zero attached hydrogens (tertiary/aromatic N) is 1. The van der Waals surface area contributed by atoms with Gasteiger partial charge in [-0.15, -0.1) is 0 Å². The highest BCUT2D eigenvalue weighted by molar-refractivity contribution is 9.11. The predicted octanol–water partition coefficient (Wildman–Crippen LogP) is 3.02. The molecule has 0 fully saturated rings. The maximum Gasteiger partial charge on any atom is 0.265 e. The number of benzene rings is 1. The monoisotopic (exact) mass is 414 g/mol. The van der Waals surface area contributed by atoms with E-state index < -0.39 is 0 Å². The van der Waals surface area contributed by atoms with Crippen molar-refractivity contribution in [2.75, 3.05) is 12.4 Å². The van der Waals surface area contributed by atoms with Gasteiger partial charge in [-0.2, -0.15) is 0 Å². The topological polar surface area (TPSA) is 60.3 Å². The van der Waals surface area contributed by atoms with Crippen molar-refractivity contribution in [3.05, 3.63) is 55.8 Å². The number of rotatable bonds is 4. The largest absolute Gasteiger partial charge is 0.497 e. The zero-order valence-electron chi connectivity index (χ0n) is 11.1. The molecule has 110 valence electrons. The van der Waals surface area contributed by atoms with E-state index in [2.05, 4.69) is 37.2 Å². The fraction of sp³-hybridized carbons (Fsp3) is 0.143. The third-order valence-electron chi connectivity index (χ3n) is 2.68. The molecule has 1 aromatic carbocycles. The summed E-state index contributed by atoms with van der Waals surface area (Å²) in [5.74, 6) is 0.352. The molecule has 0 unspecified atom stereocenters. The van der Waals surface area contributed by atoms with Gasteiger partial charge in [-0.25, -0.2) is 0 Å². The summed E-state index contributed by atoms with van der Waals surface area (Å²) in [7, 11) is 1.56. The molecule has 1 amide bonds. The molecule has 0 aliphatic rings. The second kappa shape index (κ2) is 6.91. The number of carbonyl (C=O) groups excluding carboxylic acids is 1. The first kappa shape index (κ1) is 15.8. The zero-order valence-corrected chi connectivity index (χ0v) is 14.3. The van der Waals surface area contributed by atoms with Gasteiger partial charge in [0.25, 0.3) is 5.56 Å². The lowest BCUT2D eigenvalue weighted by Gasteiger charge is -2.09. The number of hydrogen-bond acceptors (Lipinski definition) is 3. The van der Waals surface area contributed by atoms with Crippen LogP contribution in [0.25, 0.3) is 0 Å². The zero-order chi connectivity index (χ0) is 15.4. The van der Waals surface area contributed by atoms with Crippen molar-refractivity contribution in [2.45, 2.75) is 6.54 Å². The highest BCUT2D eigenvalue weighted by Gasteiger charge is 2.08. The number of hydrogen-bond donors (Lipinski definition) is 1. The van der Waals surface area contributed by atoms with E-state index in [-0.39, 0.29) is 18.0 Å². The number of methoxy groups -OCH3 is 1. The van der Waals surface area contributed by atoms with Crippen LogP contribution in [-0.2, 0) is 11.3 Å². The first-order valence-corrected chi connectivity index (χ1v) is 7.57. The lowest BCUT2D eigenvalue weighted by atomic mass is 10.3. The van der Waals surface area contributed by atoms with Crippen molar-refractivity contribution in [1.29, 1.82) is 0 Å². The molecule has 0 bridgehead atoms. The molecule has 0 saturated heterocycles. The summed E-state index contributed by atoms with van der Waals surface area (Å²) in [5.41, 5.74) is 0.348. The van der Waals surface area contributed by atoms with Gasteiger partial charge in [-0.05, 0) is 50.1 Å². The molecule has 0 spiro atoms. The van der Waals surface area contributed by atoms with Crippen LogP contribution >= 0.6 is 31.9 Å². The standard InChI is InChI=1S/C14H12Br2N2O3/c1-21-11-4-2-3-10(6-11)17-13(19)8-18-7-9(15)5-12(16)14(18)20/h2-7H,8H2,1H3,(H,17,19). The van der Waals surface area contributed by atoms with Crippen molar-refractivity contribution in [1.82, 2.24) is 4.57 Å². The molecule has 1 heterocycles. The maximum atomic E-state index is 12.0. The van der Waals surface area contributed by atoms with Gasteiger partial charge in [0.15, 0.2) is 0 Å². The summed E-state index contributed by atoms with van der Waals surface area (Å²) in [4.78, 5) is 23.9. The number of amides is 1. The number of carbonyl (C=O) groups is 1. The van der Waals surface area contributed by atoms with Gasteiger partial charge in [-0.3, -0.25) is 9.59 Å². The molecule has 0 saturated carbocycles. The normalized spacial score (nSPS) is 10.2. The van der Waals surface area contributed by atoms with Crippen LogP contribution in [0.5, 0.6) is 5.75 Å².